The van der Waals surface area contributed by atoms with Gasteiger partial charge in [-0.25, -0.2) is 4.79 Å². The first kappa shape index (κ1) is 28.0. The van der Waals surface area contributed by atoms with Gasteiger partial charge in [-0.15, -0.1) is 13.2 Å². The van der Waals surface area contributed by atoms with E-state index in [1.807, 2.05) is 24.5 Å². The molecule has 1 unspecified atom stereocenters. The first-order valence-corrected chi connectivity index (χ1v) is 14.9. The second-order valence-corrected chi connectivity index (χ2v) is 12.4. The molecule has 0 bridgehead atoms. The first-order chi connectivity index (χ1) is 20.5. The summed E-state index contributed by atoms with van der Waals surface area (Å²) in [7, 11) is 0. The lowest BCUT2D eigenvalue weighted by atomic mass is 9.81. The van der Waals surface area contributed by atoms with E-state index in [9.17, 15) is 27.9 Å². The number of aromatic carboxylic acids is 1. The number of halogens is 3. The number of alkyl halides is 3. The zero-order valence-corrected chi connectivity index (χ0v) is 24.0. The van der Waals surface area contributed by atoms with E-state index in [0.717, 1.165) is 48.7 Å². The molecular formula is C33H33F3N2O5. The van der Waals surface area contributed by atoms with E-state index < -0.39 is 17.7 Å². The normalized spacial score (nSPS) is 25.3. The summed E-state index contributed by atoms with van der Waals surface area (Å²) in [6, 6.07) is 9.69. The lowest BCUT2D eigenvalue weighted by molar-refractivity contribution is -0.274. The Balaban J connectivity index is 1.49. The van der Waals surface area contributed by atoms with Crippen LogP contribution in [0.4, 0.5) is 13.2 Å². The third-order valence-electron chi connectivity index (χ3n) is 9.42. The van der Waals surface area contributed by atoms with Crippen molar-refractivity contribution in [2.45, 2.75) is 77.0 Å². The third kappa shape index (κ3) is 4.61. The maximum absolute atomic E-state index is 14.4. The number of hydrogen-bond acceptors (Lipinski definition) is 4. The van der Waals surface area contributed by atoms with Gasteiger partial charge in [0.1, 0.15) is 11.2 Å². The van der Waals surface area contributed by atoms with Crippen molar-refractivity contribution >= 4 is 28.4 Å². The van der Waals surface area contributed by atoms with Crippen molar-refractivity contribution in [3.63, 3.8) is 0 Å². The van der Waals surface area contributed by atoms with Gasteiger partial charge in [0.2, 0.25) is 5.91 Å². The molecule has 7 nitrogen and oxygen atoms in total. The highest BCUT2D eigenvalue weighted by atomic mass is 19.4. The minimum Gasteiger partial charge on any atom is -0.478 e. The molecule has 2 aromatic carbocycles. The van der Waals surface area contributed by atoms with Gasteiger partial charge in [-0.2, -0.15) is 0 Å². The van der Waals surface area contributed by atoms with E-state index in [1.54, 1.807) is 35.2 Å². The Hall–Kier alpha value is -3.79. The second kappa shape index (κ2) is 9.87. The number of fused-ring (bicyclic) bond motifs is 7. The summed E-state index contributed by atoms with van der Waals surface area (Å²) in [5.74, 6) is -1.45. The average molecular weight is 595 g/mol. The number of carbonyl (C=O) groups excluding carboxylic acids is 1. The highest BCUT2D eigenvalue weighted by molar-refractivity contribution is 6.13. The molecule has 226 valence electrons. The smallest absolute Gasteiger partial charge is 0.478 e. The largest absolute Gasteiger partial charge is 0.573 e. The quantitative estimate of drug-likeness (QED) is 0.352. The Morgan fingerprint density at radius 1 is 1.05 bits per heavy atom. The molecule has 4 aliphatic rings. The molecule has 1 saturated heterocycles. The highest BCUT2D eigenvalue weighted by Crippen LogP contribution is 2.62. The van der Waals surface area contributed by atoms with Gasteiger partial charge in [-0.05, 0) is 61.9 Å². The van der Waals surface area contributed by atoms with E-state index >= 15 is 0 Å². The van der Waals surface area contributed by atoms with Crippen LogP contribution in [0.3, 0.4) is 0 Å². The molecule has 1 saturated carbocycles. The predicted molar refractivity (Wildman–Crippen MR) is 154 cm³/mol. The van der Waals surface area contributed by atoms with E-state index in [0.29, 0.717) is 29.7 Å². The molecule has 2 fully saturated rings. The molecule has 2 aliphatic carbocycles. The standard InChI is InChI=1S/C33H33F3N2O5/c1-18-15-37(16-19(2)42-18)31(41)32-14-24(32)28-23(9-6-10-26(28)43-33(34,35)36)29-27(20-7-4-3-5-8-20)22-12-11-21(30(39)40)13-25(22)38(29)17-32/h6,9-14,18-20H,3-5,7-8,15-17H2,1-2H3,(H,39,40)/t18-,19+,32?. The Kier molecular flexibility index (Phi) is 6.43. The fourth-order valence-corrected chi connectivity index (χ4v) is 7.74. The summed E-state index contributed by atoms with van der Waals surface area (Å²) in [5, 5.41) is 10.7. The summed E-state index contributed by atoms with van der Waals surface area (Å²) in [4.78, 5) is 28.3. The van der Waals surface area contributed by atoms with Crippen molar-refractivity contribution in [2.24, 2.45) is 5.41 Å². The fraction of sp³-hybridized carbons (Fsp3) is 0.455. The van der Waals surface area contributed by atoms with Crippen LogP contribution in [-0.4, -0.2) is 58.1 Å². The zero-order valence-electron chi connectivity index (χ0n) is 24.0. The van der Waals surface area contributed by atoms with Crippen LogP contribution >= 0.6 is 0 Å². The van der Waals surface area contributed by atoms with Crippen molar-refractivity contribution in [3.05, 3.63) is 59.2 Å². The van der Waals surface area contributed by atoms with Gasteiger partial charge < -0.3 is 24.0 Å². The van der Waals surface area contributed by atoms with Crippen molar-refractivity contribution in [1.29, 1.82) is 0 Å². The molecule has 1 amide bonds. The Morgan fingerprint density at radius 3 is 2.44 bits per heavy atom. The number of carbonyl (C=O) groups is 2. The summed E-state index contributed by atoms with van der Waals surface area (Å²) >= 11 is 0. The molecule has 3 aromatic rings. The molecule has 3 atom stereocenters. The molecule has 0 radical (unpaired) electrons. The van der Waals surface area contributed by atoms with E-state index in [1.165, 1.54) is 6.07 Å². The van der Waals surface area contributed by atoms with E-state index in [4.69, 9.17) is 4.74 Å². The number of carboxylic acid groups (broad SMARTS) is 1. The topological polar surface area (TPSA) is 81.0 Å². The van der Waals surface area contributed by atoms with Gasteiger partial charge in [0, 0.05) is 41.7 Å². The molecule has 3 heterocycles. The number of aromatic nitrogens is 1. The van der Waals surface area contributed by atoms with E-state index in [-0.39, 0.29) is 47.5 Å². The van der Waals surface area contributed by atoms with Crippen LogP contribution in [-0.2, 0) is 16.1 Å². The lowest BCUT2D eigenvalue weighted by Crippen LogP contribution is -2.51. The number of ether oxygens (including phenoxy) is 2. The van der Waals surface area contributed by atoms with Crippen LogP contribution in [0.1, 0.15) is 73.4 Å². The molecule has 10 heteroatoms. The van der Waals surface area contributed by atoms with Crippen LogP contribution in [0.5, 0.6) is 5.75 Å². The van der Waals surface area contributed by atoms with Gasteiger partial charge in [-0.3, -0.25) is 4.79 Å². The highest BCUT2D eigenvalue weighted by Gasteiger charge is 2.57. The van der Waals surface area contributed by atoms with Crippen molar-refractivity contribution in [2.75, 3.05) is 13.1 Å². The average Bonchev–Trinajstić information content (AvgIpc) is 3.60. The van der Waals surface area contributed by atoms with Crippen LogP contribution in [0.25, 0.3) is 27.7 Å². The van der Waals surface area contributed by atoms with Gasteiger partial charge in [0.05, 0.1) is 23.5 Å². The van der Waals surface area contributed by atoms with Crippen molar-refractivity contribution < 1.29 is 37.3 Å². The molecule has 1 aromatic heterocycles. The van der Waals surface area contributed by atoms with Gasteiger partial charge in [0.25, 0.3) is 0 Å². The number of hydrogen-bond donors (Lipinski definition) is 1. The van der Waals surface area contributed by atoms with Crippen LogP contribution < -0.4 is 4.74 Å². The Morgan fingerprint density at radius 2 is 1.77 bits per heavy atom. The van der Waals surface area contributed by atoms with Crippen LogP contribution in [0.2, 0.25) is 0 Å². The van der Waals surface area contributed by atoms with Crippen LogP contribution in [0, 0.1) is 5.41 Å². The summed E-state index contributed by atoms with van der Waals surface area (Å²) in [6.45, 7) is 4.69. The van der Waals surface area contributed by atoms with Crippen molar-refractivity contribution in [3.8, 4) is 17.0 Å². The minimum absolute atomic E-state index is 0.113. The number of benzene rings is 2. The molecule has 43 heavy (non-hydrogen) atoms. The van der Waals surface area contributed by atoms with Gasteiger partial charge in [0.15, 0.2) is 0 Å². The lowest BCUT2D eigenvalue weighted by Gasteiger charge is -2.38. The number of rotatable bonds is 4. The molecule has 2 aliphatic heterocycles. The predicted octanol–water partition coefficient (Wildman–Crippen LogP) is 6.99. The molecular weight excluding hydrogens is 561 g/mol. The van der Waals surface area contributed by atoms with Gasteiger partial charge in [-0.1, -0.05) is 43.5 Å². The summed E-state index contributed by atoms with van der Waals surface area (Å²) in [6.07, 6.45) is 1.51. The SMILES string of the molecule is C[C@@H]1CN(C(=O)C23C=C2c2c(OC(F)(F)F)cccc2-c2c(C4CCCCC4)c4ccc(C(=O)O)cc4n2C3)C[C@H](C)O1. The summed E-state index contributed by atoms with van der Waals surface area (Å²) < 4.78 is 53.7. The molecule has 7 rings (SSSR count). The second-order valence-electron chi connectivity index (χ2n) is 12.4. The summed E-state index contributed by atoms with van der Waals surface area (Å²) in [5.41, 5.74) is 2.70. The van der Waals surface area contributed by atoms with Crippen LogP contribution in [0.15, 0.2) is 42.5 Å². The first-order valence-electron chi connectivity index (χ1n) is 14.9. The zero-order chi connectivity index (χ0) is 30.3. The van der Waals surface area contributed by atoms with Crippen molar-refractivity contribution in [1.82, 2.24) is 9.47 Å². The number of morpholine rings is 1. The monoisotopic (exact) mass is 594 g/mol. The Labute approximate surface area is 246 Å². The molecule has 1 N–H and O–H groups in total. The third-order valence-corrected chi connectivity index (χ3v) is 9.42. The number of amides is 1. The fourth-order valence-electron chi connectivity index (χ4n) is 7.74. The van der Waals surface area contributed by atoms with E-state index in [2.05, 4.69) is 4.74 Å². The number of nitrogens with zero attached hydrogens (tertiary/aromatic N) is 2. The maximum Gasteiger partial charge on any atom is 0.573 e. The minimum atomic E-state index is -4.92. The maximum atomic E-state index is 14.4. The van der Waals surface area contributed by atoms with Gasteiger partial charge >= 0.3 is 12.3 Å². The molecule has 0 spiro atoms. The Bertz CT molecular complexity index is 1680. The number of carboxylic acids is 1.